The van der Waals surface area contributed by atoms with Crippen LogP contribution >= 0.6 is 0 Å². The lowest BCUT2D eigenvalue weighted by molar-refractivity contribution is 0.245. The Labute approximate surface area is 95.0 Å². The molecular weight excluding hydrogens is 182 g/mol. The Bertz CT molecular complexity index is 194. The molecule has 0 amide bonds. The van der Waals surface area contributed by atoms with Crippen LogP contribution in [0.1, 0.15) is 65.2 Å². The van der Waals surface area contributed by atoms with E-state index in [9.17, 15) is 0 Å². The third-order valence-corrected chi connectivity index (χ3v) is 4.57. The summed E-state index contributed by atoms with van der Waals surface area (Å²) in [5.74, 6) is 1.94. The smallest absolute Gasteiger partial charge is 0.0153 e. The Kier molecular flexibility index (Phi) is 3.71. The van der Waals surface area contributed by atoms with E-state index in [4.69, 9.17) is 0 Å². The first-order valence-electron chi connectivity index (χ1n) is 6.93. The Morgan fingerprint density at radius 1 is 1.13 bits per heavy atom. The highest BCUT2D eigenvalue weighted by Crippen LogP contribution is 2.31. The van der Waals surface area contributed by atoms with Gasteiger partial charge in [-0.3, -0.25) is 0 Å². The van der Waals surface area contributed by atoms with Gasteiger partial charge in [-0.15, -0.1) is 0 Å². The highest BCUT2D eigenvalue weighted by atomic mass is 15.0. The van der Waals surface area contributed by atoms with Crippen molar-refractivity contribution in [2.24, 2.45) is 11.8 Å². The van der Waals surface area contributed by atoms with E-state index in [-0.39, 0.29) is 0 Å². The van der Waals surface area contributed by atoms with Gasteiger partial charge in [0.2, 0.25) is 0 Å². The number of rotatable bonds is 3. The van der Waals surface area contributed by atoms with Crippen LogP contribution in [0.2, 0.25) is 0 Å². The molecule has 0 aromatic heterocycles. The van der Waals surface area contributed by atoms with Crippen LogP contribution in [-0.2, 0) is 0 Å². The molecule has 2 saturated carbocycles. The van der Waals surface area contributed by atoms with Crippen molar-refractivity contribution < 1.29 is 0 Å². The van der Waals surface area contributed by atoms with Crippen LogP contribution in [0.15, 0.2) is 0 Å². The Morgan fingerprint density at radius 3 is 2.53 bits per heavy atom. The minimum atomic E-state index is 0.487. The minimum absolute atomic E-state index is 0.487. The molecular formula is C14H27N. The summed E-state index contributed by atoms with van der Waals surface area (Å²) in [7, 11) is 0. The van der Waals surface area contributed by atoms with Crippen molar-refractivity contribution in [3.05, 3.63) is 0 Å². The quantitative estimate of drug-likeness (QED) is 0.746. The Hall–Kier alpha value is -0.0400. The zero-order chi connectivity index (χ0) is 10.7. The largest absolute Gasteiger partial charge is 0.311 e. The maximum Gasteiger partial charge on any atom is 0.0153 e. The zero-order valence-corrected chi connectivity index (χ0v) is 10.5. The Morgan fingerprint density at radius 2 is 1.87 bits per heavy atom. The summed E-state index contributed by atoms with van der Waals surface area (Å²) in [5.41, 5.74) is 0.487. The summed E-state index contributed by atoms with van der Waals surface area (Å²) in [6.07, 6.45) is 11.5. The lowest BCUT2D eigenvalue weighted by Gasteiger charge is -2.32. The number of nitrogens with one attached hydrogen (secondary N) is 1. The number of hydrogen-bond donors (Lipinski definition) is 1. The van der Waals surface area contributed by atoms with E-state index in [1.165, 1.54) is 57.9 Å². The van der Waals surface area contributed by atoms with Gasteiger partial charge in [-0.25, -0.2) is 0 Å². The summed E-state index contributed by atoms with van der Waals surface area (Å²) in [5, 5.41) is 3.85. The molecule has 0 saturated heterocycles. The third kappa shape index (κ3) is 3.21. The van der Waals surface area contributed by atoms with E-state index in [0.29, 0.717) is 5.54 Å². The molecule has 88 valence electrons. The van der Waals surface area contributed by atoms with E-state index in [2.05, 4.69) is 19.2 Å². The maximum absolute atomic E-state index is 3.85. The lowest BCUT2D eigenvalue weighted by Crippen LogP contribution is -2.42. The number of hydrogen-bond acceptors (Lipinski definition) is 1. The second kappa shape index (κ2) is 4.86. The van der Waals surface area contributed by atoms with Gasteiger partial charge in [0.05, 0.1) is 0 Å². The molecule has 2 unspecified atom stereocenters. The topological polar surface area (TPSA) is 12.0 Å². The van der Waals surface area contributed by atoms with E-state index in [0.717, 1.165) is 11.8 Å². The normalized spacial score (nSPS) is 35.6. The van der Waals surface area contributed by atoms with Crippen molar-refractivity contribution in [3.63, 3.8) is 0 Å². The van der Waals surface area contributed by atoms with Crippen molar-refractivity contribution in [1.82, 2.24) is 5.32 Å². The molecule has 0 aromatic carbocycles. The molecule has 2 aliphatic carbocycles. The zero-order valence-electron chi connectivity index (χ0n) is 10.5. The summed E-state index contributed by atoms with van der Waals surface area (Å²) in [6.45, 7) is 6.12. The molecule has 1 heteroatoms. The average Bonchev–Trinajstić information content (AvgIpc) is 2.63. The van der Waals surface area contributed by atoms with Gasteiger partial charge in [0, 0.05) is 5.54 Å². The van der Waals surface area contributed by atoms with Crippen LogP contribution in [0, 0.1) is 11.8 Å². The first kappa shape index (κ1) is 11.4. The van der Waals surface area contributed by atoms with Gasteiger partial charge in [0.15, 0.2) is 0 Å². The third-order valence-electron chi connectivity index (χ3n) is 4.57. The predicted molar refractivity (Wildman–Crippen MR) is 66.0 cm³/mol. The molecule has 0 aromatic rings. The molecule has 0 heterocycles. The van der Waals surface area contributed by atoms with Crippen molar-refractivity contribution >= 4 is 0 Å². The SMILES string of the molecule is CC1CCCC(CNC2(C)CCCC2)C1. The van der Waals surface area contributed by atoms with Crippen LogP contribution < -0.4 is 5.32 Å². The second-order valence-electron chi connectivity index (χ2n) is 6.29. The van der Waals surface area contributed by atoms with Gasteiger partial charge < -0.3 is 5.32 Å². The highest BCUT2D eigenvalue weighted by molar-refractivity contribution is 4.89. The van der Waals surface area contributed by atoms with Gasteiger partial charge in [-0.05, 0) is 51.0 Å². The molecule has 1 N–H and O–H groups in total. The fourth-order valence-electron chi connectivity index (χ4n) is 3.47. The molecule has 15 heavy (non-hydrogen) atoms. The maximum atomic E-state index is 3.85. The van der Waals surface area contributed by atoms with Crippen molar-refractivity contribution in [3.8, 4) is 0 Å². The summed E-state index contributed by atoms with van der Waals surface area (Å²) in [4.78, 5) is 0. The van der Waals surface area contributed by atoms with Crippen LogP contribution in [0.5, 0.6) is 0 Å². The van der Waals surface area contributed by atoms with E-state index in [1.807, 2.05) is 0 Å². The highest BCUT2D eigenvalue weighted by Gasteiger charge is 2.29. The summed E-state index contributed by atoms with van der Waals surface area (Å²) < 4.78 is 0. The van der Waals surface area contributed by atoms with E-state index < -0.39 is 0 Å². The van der Waals surface area contributed by atoms with Gasteiger partial charge in [-0.2, -0.15) is 0 Å². The first-order valence-corrected chi connectivity index (χ1v) is 6.93. The van der Waals surface area contributed by atoms with Gasteiger partial charge in [-0.1, -0.05) is 32.6 Å². The average molecular weight is 209 g/mol. The molecule has 1 nitrogen and oxygen atoms in total. The molecule has 0 aliphatic heterocycles. The Balaban J connectivity index is 1.72. The second-order valence-corrected chi connectivity index (χ2v) is 6.29. The van der Waals surface area contributed by atoms with Crippen LogP contribution in [0.3, 0.4) is 0 Å². The fourth-order valence-corrected chi connectivity index (χ4v) is 3.47. The molecule has 0 radical (unpaired) electrons. The molecule has 2 fully saturated rings. The predicted octanol–water partition coefficient (Wildman–Crippen LogP) is 3.74. The van der Waals surface area contributed by atoms with E-state index in [1.54, 1.807) is 0 Å². The lowest BCUT2D eigenvalue weighted by atomic mass is 9.82. The molecule has 0 spiro atoms. The van der Waals surface area contributed by atoms with Crippen LogP contribution in [0.25, 0.3) is 0 Å². The monoisotopic (exact) mass is 209 g/mol. The van der Waals surface area contributed by atoms with Crippen LogP contribution in [0.4, 0.5) is 0 Å². The van der Waals surface area contributed by atoms with Crippen molar-refractivity contribution in [1.29, 1.82) is 0 Å². The first-order chi connectivity index (χ1) is 7.18. The minimum Gasteiger partial charge on any atom is -0.311 e. The van der Waals surface area contributed by atoms with Gasteiger partial charge >= 0.3 is 0 Å². The van der Waals surface area contributed by atoms with Gasteiger partial charge in [0.1, 0.15) is 0 Å². The molecule has 2 rings (SSSR count). The summed E-state index contributed by atoms with van der Waals surface area (Å²) >= 11 is 0. The van der Waals surface area contributed by atoms with Crippen molar-refractivity contribution in [2.45, 2.75) is 70.8 Å². The van der Waals surface area contributed by atoms with Crippen LogP contribution in [-0.4, -0.2) is 12.1 Å². The molecule has 2 atom stereocenters. The van der Waals surface area contributed by atoms with Crippen molar-refractivity contribution in [2.75, 3.05) is 6.54 Å². The fraction of sp³-hybridized carbons (Fsp3) is 1.00. The molecule has 0 bridgehead atoms. The summed E-state index contributed by atoms with van der Waals surface area (Å²) in [6, 6.07) is 0. The molecule has 2 aliphatic rings. The van der Waals surface area contributed by atoms with E-state index >= 15 is 0 Å². The van der Waals surface area contributed by atoms with Gasteiger partial charge in [0.25, 0.3) is 0 Å². The standard InChI is InChI=1S/C14H27N/c1-12-6-5-7-13(10-12)11-15-14(2)8-3-4-9-14/h12-13,15H,3-11H2,1-2H3.